The van der Waals surface area contributed by atoms with Gasteiger partial charge in [-0.25, -0.2) is 0 Å². The fourth-order valence-electron chi connectivity index (χ4n) is 5.13. The molecule has 148 valence electrons. The van der Waals surface area contributed by atoms with E-state index in [9.17, 15) is 0 Å². The monoisotopic (exact) mass is 364 g/mol. The van der Waals surface area contributed by atoms with Crippen molar-refractivity contribution >= 4 is 5.96 Å². The average Bonchev–Trinajstić information content (AvgIpc) is 3.32. The number of hydrogen-bond acceptors (Lipinski definition) is 4. The van der Waals surface area contributed by atoms with E-state index >= 15 is 0 Å². The largest absolute Gasteiger partial charge is 0.381 e. The molecule has 1 spiro atoms. The summed E-state index contributed by atoms with van der Waals surface area (Å²) in [6, 6.07) is 0.482. The van der Waals surface area contributed by atoms with E-state index in [0.717, 1.165) is 58.6 Å². The van der Waals surface area contributed by atoms with Crippen molar-refractivity contribution in [1.29, 1.82) is 0 Å². The molecule has 3 saturated heterocycles. The molecule has 3 aliphatic heterocycles. The summed E-state index contributed by atoms with van der Waals surface area (Å²) in [5.41, 5.74) is 0.610. The molecule has 2 atom stereocenters. The Bertz CT molecular complexity index is 482. The molecular weight excluding hydrogens is 328 g/mol. The first-order valence-electron chi connectivity index (χ1n) is 10.7. The number of guanidine groups is 1. The van der Waals surface area contributed by atoms with E-state index in [4.69, 9.17) is 14.5 Å². The number of hydrogen-bond donors (Lipinski definition) is 1. The Balaban J connectivity index is 1.43. The molecule has 0 amide bonds. The smallest absolute Gasteiger partial charge is 0.193 e. The molecule has 2 unspecified atom stereocenters. The lowest BCUT2D eigenvalue weighted by Gasteiger charge is -2.38. The molecule has 0 aromatic carbocycles. The molecule has 0 aromatic rings. The number of aliphatic imine (C=N–C) groups is 1. The van der Waals surface area contributed by atoms with E-state index in [1.54, 1.807) is 0 Å². The molecule has 1 N–H and O–H groups in total. The van der Waals surface area contributed by atoms with Crippen LogP contribution in [0, 0.1) is 11.3 Å². The van der Waals surface area contributed by atoms with Gasteiger partial charge in [0, 0.05) is 51.3 Å². The summed E-state index contributed by atoms with van der Waals surface area (Å²) in [5.74, 6) is 1.74. The van der Waals surface area contributed by atoms with Crippen LogP contribution in [0.1, 0.15) is 39.0 Å². The van der Waals surface area contributed by atoms with E-state index in [1.165, 1.54) is 45.2 Å². The van der Waals surface area contributed by atoms with Crippen LogP contribution in [-0.4, -0.2) is 87.5 Å². The zero-order valence-corrected chi connectivity index (χ0v) is 16.4. The maximum atomic E-state index is 5.70. The maximum absolute atomic E-state index is 5.70. The molecule has 0 radical (unpaired) electrons. The molecule has 0 bridgehead atoms. The minimum Gasteiger partial charge on any atom is -0.381 e. The van der Waals surface area contributed by atoms with E-state index < -0.39 is 0 Å². The molecule has 3 heterocycles. The van der Waals surface area contributed by atoms with Crippen molar-refractivity contribution in [1.82, 2.24) is 15.1 Å². The first-order valence-corrected chi connectivity index (χ1v) is 10.7. The van der Waals surface area contributed by atoms with Crippen molar-refractivity contribution in [3.63, 3.8) is 0 Å². The Morgan fingerprint density at radius 1 is 1.15 bits per heavy atom. The van der Waals surface area contributed by atoms with Gasteiger partial charge in [0.05, 0.1) is 26.4 Å². The quantitative estimate of drug-likeness (QED) is 0.593. The highest BCUT2D eigenvalue weighted by atomic mass is 16.5. The van der Waals surface area contributed by atoms with Gasteiger partial charge in [-0.15, -0.1) is 0 Å². The second-order valence-corrected chi connectivity index (χ2v) is 8.56. The van der Waals surface area contributed by atoms with Gasteiger partial charge in [-0.05, 0) is 38.0 Å². The molecule has 4 fully saturated rings. The van der Waals surface area contributed by atoms with Gasteiger partial charge in [0.2, 0.25) is 0 Å². The van der Waals surface area contributed by atoms with E-state index in [0.29, 0.717) is 17.4 Å². The third-order valence-electron chi connectivity index (χ3n) is 6.94. The minimum atomic E-state index is 0.482. The second-order valence-electron chi connectivity index (χ2n) is 8.56. The van der Waals surface area contributed by atoms with Crippen molar-refractivity contribution in [2.75, 3.05) is 65.7 Å². The van der Waals surface area contributed by atoms with E-state index in [-0.39, 0.29) is 0 Å². The number of nitrogens with one attached hydrogen (secondary N) is 1. The number of nitrogens with zero attached hydrogens (tertiary/aromatic N) is 3. The number of morpholine rings is 1. The predicted octanol–water partition coefficient (Wildman–Crippen LogP) is 1.57. The van der Waals surface area contributed by atoms with E-state index in [1.807, 2.05) is 0 Å². The maximum Gasteiger partial charge on any atom is 0.193 e. The second kappa shape index (κ2) is 8.44. The van der Waals surface area contributed by atoms with Crippen molar-refractivity contribution in [3.8, 4) is 0 Å². The molecule has 4 aliphatic rings. The lowest BCUT2D eigenvalue weighted by molar-refractivity contribution is 0.00363. The highest BCUT2D eigenvalue weighted by molar-refractivity contribution is 5.80. The summed E-state index contributed by atoms with van der Waals surface area (Å²) in [5, 5.41) is 3.56. The first kappa shape index (κ1) is 18.5. The summed E-state index contributed by atoms with van der Waals surface area (Å²) in [6.45, 7) is 11.9. The van der Waals surface area contributed by atoms with Gasteiger partial charge in [0.1, 0.15) is 0 Å². The fraction of sp³-hybridized carbons (Fsp3) is 0.950. The molecule has 26 heavy (non-hydrogen) atoms. The Kier molecular flexibility index (Phi) is 6.01. The van der Waals surface area contributed by atoms with Crippen molar-refractivity contribution < 1.29 is 9.47 Å². The topological polar surface area (TPSA) is 49.3 Å². The first-order chi connectivity index (χ1) is 12.8. The van der Waals surface area contributed by atoms with Crippen LogP contribution in [0.25, 0.3) is 0 Å². The Morgan fingerprint density at radius 3 is 2.62 bits per heavy atom. The highest BCUT2D eigenvalue weighted by Gasteiger charge is 2.43. The average molecular weight is 365 g/mol. The third kappa shape index (κ3) is 4.02. The van der Waals surface area contributed by atoms with Gasteiger partial charge < -0.3 is 19.7 Å². The van der Waals surface area contributed by atoms with Crippen LogP contribution in [0.3, 0.4) is 0 Å². The third-order valence-corrected chi connectivity index (χ3v) is 6.94. The number of likely N-dealkylation sites (tertiary alicyclic amines) is 1. The molecule has 6 nitrogen and oxygen atoms in total. The molecule has 6 heteroatoms. The molecule has 1 aliphatic carbocycles. The fourth-order valence-corrected chi connectivity index (χ4v) is 5.13. The van der Waals surface area contributed by atoms with Crippen LogP contribution in [0.5, 0.6) is 0 Å². The molecule has 0 aromatic heterocycles. The number of ether oxygens (including phenoxy) is 2. The standard InChI is InChI=1S/C20H36N4O2/c1-2-21-19(24-8-7-20(16-24)5-3-6-20)22-14-18(17-4-11-26-15-17)23-9-12-25-13-10-23/h17-18H,2-16H2,1H3,(H,21,22). The van der Waals surface area contributed by atoms with Crippen molar-refractivity contribution in [3.05, 3.63) is 0 Å². The van der Waals surface area contributed by atoms with Gasteiger partial charge in [0.25, 0.3) is 0 Å². The summed E-state index contributed by atoms with van der Waals surface area (Å²) in [4.78, 5) is 10.2. The van der Waals surface area contributed by atoms with Gasteiger partial charge in [0.15, 0.2) is 5.96 Å². The van der Waals surface area contributed by atoms with E-state index in [2.05, 4.69) is 22.0 Å². The van der Waals surface area contributed by atoms with Crippen LogP contribution in [-0.2, 0) is 9.47 Å². The normalized spacial score (nSPS) is 30.6. The Morgan fingerprint density at radius 2 is 2.00 bits per heavy atom. The van der Waals surface area contributed by atoms with Crippen molar-refractivity contribution in [2.45, 2.75) is 45.1 Å². The molecule has 4 rings (SSSR count). The van der Waals surface area contributed by atoms with Crippen LogP contribution >= 0.6 is 0 Å². The van der Waals surface area contributed by atoms with Crippen LogP contribution in [0.4, 0.5) is 0 Å². The van der Waals surface area contributed by atoms with Crippen LogP contribution < -0.4 is 5.32 Å². The van der Waals surface area contributed by atoms with Gasteiger partial charge in [-0.2, -0.15) is 0 Å². The Labute approximate surface area is 158 Å². The summed E-state index contributed by atoms with van der Waals surface area (Å²) in [7, 11) is 0. The zero-order valence-electron chi connectivity index (χ0n) is 16.4. The molecule has 1 saturated carbocycles. The summed E-state index contributed by atoms with van der Waals surface area (Å²) >= 11 is 0. The van der Waals surface area contributed by atoms with Crippen LogP contribution in [0.15, 0.2) is 4.99 Å². The SMILES string of the molecule is CCNC(=NCC(C1CCOC1)N1CCOCC1)N1CCC2(CCC2)C1. The molecular formula is C20H36N4O2. The zero-order chi connectivity index (χ0) is 17.8. The summed E-state index contributed by atoms with van der Waals surface area (Å²) in [6.07, 6.45) is 6.77. The number of rotatable bonds is 5. The minimum absolute atomic E-state index is 0.482. The predicted molar refractivity (Wildman–Crippen MR) is 104 cm³/mol. The highest BCUT2D eigenvalue weighted by Crippen LogP contribution is 2.47. The van der Waals surface area contributed by atoms with Gasteiger partial charge >= 0.3 is 0 Å². The summed E-state index contributed by atoms with van der Waals surface area (Å²) < 4.78 is 11.3. The lowest BCUT2D eigenvalue weighted by Crippen LogP contribution is -2.49. The Hall–Kier alpha value is -0.850. The van der Waals surface area contributed by atoms with Crippen LogP contribution in [0.2, 0.25) is 0 Å². The van der Waals surface area contributed by atoms with Crippen molar-refractivity contribution in [2.24, 2.45) is 16.3 Å². The van der Waals surface area contributed by atoms with Gasteiger partial charge in [-0.1, -0.05) is 6.42 Å². The lowest BCUT2D eigenvalue weighted by atomic mass is 9.68. The van der Waals surface area contributed by atoms with Gasteiger partial charge in [-0.3, -0.25) is 9.89 Å².